The van der Waals surface area contributed by atoms with Crippen LogP contribution in [0.5, 0.6) is 0 Å². The van der Waals surface area contributed by atoms with Gasteiger partial charge in [0.2, 0.25) is 0 Å². The number of imidazole rings is 1. The maximum Gasteiger partial charge on any atom is 0.315 e. The molecule has 1 aliphatic heterocycles. The molecule has 0 unspecified atom stereocenters. The highest BCUT2D eigenvalue weighted by Gasteiger charge is 2.51. The van der Waals surface area contributed by atoms with Gasteiger partial charge in [-0.2, -0.15) is 0 Å². The number of nitrogens with one attached hydrogen (secondary N) is 2. The van der Waals surface area contributed by atoms with Crippen molar-refractivity contribution in [1.82, 2.24) is 20.2 Å². The van der Waals surface area contributed by atoms with E-state index in [0.29, 0.717) is 6.54 Å². The van der Waals surface area contributed by atoms with Gasteiger partial charge in [0.1, 0.15) is 0 Å². The van der Waals surface area contributed by atoms with Gasteiger partial charge >= 0.3 is 6.03 Å². The molecule has 3 aromatic carbocycles. The topological polar surface area (TPSA) is 97.6 Å². The maximum atomic E-state index is 13.1. The van der Waals surface area contributed by atoms with Gasteiger partial charge in [0, 0.05) is 48.8 Å². The van der Waals surface area contributed by atoms with E-state index >= 15 is 0 Å². The first-order chi connectivity index (χ1) is 24.3. The number of nitrogens with zero attached hydrogens (tertiary/aromatic N) is 2. The van der Waals surface area contributed by atoms with E-state index in [0.717, 1.165) is 81.3 Å². The Morgan fingerprint density at radius 2 is 1.62 bits per heavy atom. The maximum absolute atomic E-state index is 13.1. The third-order valence-corrected chi connectivity index (χ3v) is 12.7. The Hall–Kier alpha value is -3.63. The predicted octanol–water partition coefficient (Wildman–Crippen LogP) is 7.93. The predicted molar refractivity (Wildman–Crippen MR) is 195 cm³/mol. The van der Waals surface area contributed by atoms with Gasteiger partial charge in [-0.05, 0) is 96.2 Å². The number of hydrogen-bond donors (Lipinski definition) is 3. The molecule has 9 rings (SSSR count). The molecule has 0 radical (unpaired) electrons. The molecular formula is C41H48N4O4S. The summed E-state index contributed by atoms with van der Waals surface area (Å²) in [6.45, 7) is 2.67. The average Bonchev–Trinajstić information content (AvgIpc) is 3.54. The van der Waals surface area contributed by atoms with Crippen molar-refractivity contribution in [3.8, 4) is 11.1 Å². The van der Waals surface area contributed by atoms with Gasteiger partial charge in [-0.15, -0.1) is 0 Å². The molecule has 5 fully saturated rings. The summed E-state index contributed by atoms with van der Waals surface area (Å²) in [6.07, 6.45) is 10.5. The molecule has 8 nitrogen and oxygen atoms in total. The van der Waals surface area contributed by atoms with Crippen LogP contribution in [0, 0.1) is 23.7 Å². The van der Waals surface area contributed by atoms with E-state index in [1.165, 1.54) is 19.3 Å². The minimum atomic E-state index is -0.557. The first-order valence-electron chi connectivity index (χ1n) is 18.2. The number of rotatable bonds is 10. The minimum Gasteiger partial charge on any atom is -0.392 e. The molecule has 2 heterocycles. The molecular weight excluding hydrogens is 645 g/mol. The van der Waals surface area contributed by atoms with Gasteiger partial charge in [0.05, 0.1) is 18.8 Å². The number of thioether (sulfide) groups is 1. The Bertz CT molecular complexity index is 1770. The summed E-state index contributed by atoms with van der Waals surface area (Å²) in [5, 5.41) is 17.2. The lowest BCUT2D eigenvalue weighted by Gasteiger charge is -2.56. The van der Waals surface area contributed by atoms with Gasteiger partial charge in [-0.3, -0.25) is 0 Å². The van der Waals surface area contributed by atoms with E-state index in [-0.39, 0.29) is 36.3 Å². The number of aliphatic hydroxyl groups is 1. The zero-order valence-electron chi connectivity index (χ0n) is 29.0. The number of carbonyl (C=O) groups is 1. The summed E-state index contributed by atoms with van der Waals surface area (Å²) in [5.74, 6) is 3.21. The standard InChI is InChI=1S/C41H48N4O4S/c1-26-36(25-50-40-42-13-14-45(40)2)48-38(49-37(26)32-11-9-27(24-46)10-12-32)35-8-4-7-34(19-35)33-6-3-5-28(18-33)23-43-39(47)44-41-20-29-15-30(21-41)17-31(16-29)22-41/h3-14,18-19,26,29-31,36-38,46H,15-17,20-25H2,1-2H3,(H2,43,44,47)/t26-,29?,30?,31?,36+,37+,38+,41?/m0/s1. The Balaban J connectivity index is 0.968. The van der Waals surface area contributed by atoms with Crippen LogP contribution in [0.2, 0.25) is 0 Å². The normalized spacial score (nSPS) is 29.9. The third kappa shape index (κ3) is 7.11. The number of urea groups is 1. The van der Waals surface area contributed by atoms with Crippen LogP contribution in [0.15, 0.2) is 90.3 Å². The summed E-state index contributed by atoms with van der Waals surface area (Å²) in [6, 6.07) is 24.8. The second-order valence-corrected chi connectivity index (χ2v) is 16.3. The molecule has 4 atom stereocenters. The number of amides is 2. The molecule has 3 N–H and O–H groups in total. The van der Waals surface area contributed by atoms with Crippen molar-refractivity contribution in [3.05, 3.63) is 107 Å². The number of aromatic nitrogens is 2. The minimum absolute atomic E-state index is 0.00000969. The molecule has 1 aromatic heterocycles. The molecule has 4 bridgehead atoms. The number of hydrogen-bond acceptors (Lipinski definition) is 6. The van der Waals surface area contributed by atoms with Crippen LogP contribution in [-0.4, -0.2) is 38.1 Å². The number of benzene rings is 3. The zero-order chi connectivity index (χ0) is 34.2. The van der Waals surface area contributed by atoms with Crippen LogP contribution in [-0.2, 0) is 29.7 Å². The van der Waals surface area contributed by atoms with Crippen molar-refractivity contribution in [2.45, 2.75) is 87.8 Å². The first kappa shape index (κ1) is 33.5. The lowest BCUT2D eigenvalue weighted by molar-refractivity contribution is -0.268. The fourth-order valence-electron chi connectivity index (χ4n) is 9.41. The van der Waals surface area contributed by atoms with Crippen LogP contribution < -0.4 is 10.6 Å². The van der Waals surface area contributed by atoms with Gasteiger partial charge in [-0.25, -0.2) is 9.78 Å². The summed E-state index contributed by atoms with van der Waals surface area (Å²) in [4.78, 5) is 17.7. The smallest absolute Gasteiger partial charge is 0.315 e. The summed E-state index contributed by atoms with van der Waals surface area (Å²) in [7, 11) is 2.01. The van der Waals surface area contributed by atoms with Crippen LogP contribution in [0.4, 0.5) is 4.79 Å². The van der Waals surface area contributed by atoms with Crippen LogP contribution >= 0.6 is 11.8 Å². The van der Waals surface area contributed by atoms with Crippen molar-refractivity contribution in [1.29, 1.82) is 0 Å². The van der Waals surface area contributed by atoms with Crippen LogP contribution in [0.25, 0.3) is 11.1 Å². The Morgan fingerprint density at radius 3 is 2.30 bits per heavy atom. The molecule has 50 heavy (non-hydrogen) atoms. The SMILES string of the molecule is C[C@H]1[C@@H](CSc2nccn2C)O[C@@H](c2cccc(-c3cccc(CNC(=O)NC45CC6CC(CC(C6)C4)C5)c3)c2)O[C@H]1c1ccc(CO)cc1. The molecule has 262 valence electrons. The molecule has 4 aliphatic carbocycles. The van der Waals surface area contributed by atoms with E-state index < -0.39 is 6.29 Å². The van der Waals surface area contributed by atoms with E-state index in [4.69, 9.17) is 9.47 Å². The van der Waals surface area contributed by atoms with Gasteiger partial charge < -0.3 is 29.8 Å². The molecule has 0 spiro atoms. The Kier molecular flexibility index (Phi) is 9.50. The number of ether oxygens (including phenoxy) is 2. The molecule has 2 amide bonds. The summed E-state index contributed by atoms with van der Waals surface area (Å²) < 4.78 is 15.5. The molecule has 1 saturated heterocycles. The molecule has 4 aromatic rings. The molecule has 9 heteroatoms. The van der Waals surface area contributed by atoms with Gasteiger partial charge in [0.15, 0.2) is 11.4 Å². The van der Waals surface area contributed by atoms with Crippen molar-refractivity contribution in [2.24, 2.45) is 30.7 Å². The number of aryl methyl sites for hydroxylation is 1. The molecule has 4 saturated carbocycles. The number of aliphatic hydroxyl groups excluding tert-OH is 1. The fraction of sp³-hybridized carbons (Fsp3) is 0.463. The van der Waals surface area contributed by atoms with E-state index in [2.05, 4.69) is 83.2 Å². The van der Waals surface area contributed by atoms with Crippen molar-refractivity contribution < 1.29 is 19.4 Å². The monoisotopic (exact) mass is 692 g/mol. The fourth-order valence-corrected chi connectivity index (χ4v) is 10.5. The van der Waals surface area contributed by atoms with Crippen molar-refractivity contribution >= 4 is 17.8 Å². The van der Waals surface area contributed by atoms with Crippen molar-refractivity contribution in [2.75, 3.05) is 5.75 Å². The first-order valence-corrected chi connectivity index (χ1v) is 19.2. The Labute approximate surface area is 299 Å². The highest BCUT2D eigenvalue weighted by Crippen LogP contribution is 2.55. The van der Waals surface area contributed by atoms with Gasteiger partial charge in [-0.1, -0.05) is 79.3 Å². The van der Waals surface area contributed by atoms with E-state index in [1.807, 2.05) is 36.1 Å². The summed E-state index contributed by atoms with van der Waals surface area (Å²) in [5.41, 5.74) is 6.10. The highest BCUT2D eigenvalue weighted by molar-refractivity contribution is 7.99. The second kappa shape index (κ2) is 14.2. The van der Waals surface area contributed by atoms with Crippen LogP contribution in [0.1, 0.15) is 80.1 Å². The zero-order valence-corrected chi connectivity index (χ0v) is 29.8. The summed E-state index contributed by atoms with van der Waals surface area (Å²) >= 11 is 1.69. The largest absolute Gasteiger partial charge is 0.392 e. The van der Waals surface area contributed by atoms with Gasteiger partial charge in [0.25, 0.3) is 0 Å². The average molecular weight is 693 g/mol. The lowest BCUT2D eigenvalue weighted by atomic mass is 9.53. The Morgan fingerprint density at radius 1 is 0.920 bits per heavy atom. The van der Waals surface area contributed by atoms with Crippen molar-refractivity contribution in [3.63, 3.8) is 0 Å². The number of carbonyl (C=O) groups excluding carboxylic acids is 1. The lowest BCUT2D eigenvalue weighted by Crippen LogP contribution is -2.61. The second-order valence-electron chi connectivity index (χ2n) is 15.3. The quantitative estimate of drug-likeness (QED) is 0.146. The third-order valence-electron chi connectivity index (χ3n) is 11.6. The highest BCUT2D eigenvalue weighted by atomic mass is 32.2. The van der Waals surface area contributed by atoms with E-state index in [1.54, 1.807) is 11.8 Å². The molecule has 5 aliphatic rings. The van der Waals surface area contributed by atoms with Crippen LogP contribution in [0.3, 0.4) is 0 Å². The van der Waals surface area contributed by atoms with E-state index in [9.17, 15) is 9.90 Å².